The molecule has 7 heteroatoms. The summed E-state index contributed by atoms with van der Waals surface area (Å²) in [5.41, 5.74) is 1.61. The van der Waals surface area contributed by atoms with Crippen molar-refractivity contribution in [1.29, 1.82) is 0 Å². The van der Waals surface area contributed by atoms with Crippen LogP contribution in [0, 0.1) is 6.92 Å². The van der Waals surface area contributed by atoms with E-state index in [0.29, 0.717) is 16.9 Å². The molecule has 1 amide bonds. The first-order chi connectivity index (χ1) is 11.1. The van der Waals surface area contributed by atoms with Crippen molar-refractivity contribution in [3.63, 3.8) is 0 Å². The Balaban J connectivity index is 1.62. The van der Waals surface area contributed by atoms with E-state index in [4.69, 9.17) is 8.83 Å². The zero-order chi connectivity index (χ0) is 16.2. The van der Waals surface area contributed by atoms with Crippen LogP contribution < -0.4 is 4.90 Å². The van der Waals surface area contributed by atoms with E-state index in [0.717, 1.165) is 11.3 Å². The third-order valence-electron chi connectivity index (χ3n) is 3.33. The van der Waals surface area contributed by atoms with Gasteiger partial charge in [-0.15, -0.1) is 10.2 Å². The molecular weight excluding hydrogens is 314 g/mol. The number of furan rings is 1. The largest absolute Gasteiger partial charge is 0.469 e. The number of para-hydroxylation sites is 1. The molecule has 0 unspecified atom stereocenters. The molecule has 0 radical (unpaired) electrons. The van der Waals surface area contributed by atoms with Crippen LogP contribution in [0.5, 0.6) is 0 Å². The standard InChI is InChI=1S/C16H15N3O3S/c1-11-13(8-9-21-11)15-17-18-16(22-15)23-10-14(20)19(2)12-6-4-3-5-7-12/h3-9H,10H2,1-2H3. The molecule has 0 aliphatic heterocycles. The van der Waals surface area contributed by atoms with E-state index in [1.807, 2.05) is 37.3 Å². The van der Waals surface area contributed by atoms with Gasteiger partial charge in [-0.1, -0.05) is 30.0 Å². The molecule has 0 bridgehead atoms. The second-order valence-corrected chi connectivity index (χ2v) is 5.77. The van der Waals surface area contributed by atoms with Crippen LogP contribution in [0.15, 0.2) is 56.7 Å². The minimum absolute atomic E-state index is 0.0413. The van der Waals surface area contributed by atoms with Gasteiger partial charge in [-0.25, -0.2) is 0 Å². The highest BCUT2D eigenvalue weighted by Gasteiger charge is 2.16. The fourth-order valence-electron chi connectivity index (χ4n) is 2.00. The van der Waals surface area contributed by atoms with Crippen molar-refractivity contribution in [2.45, 2.75) is 12.1 Å². The zero-order valence-corrected chi connectivity index (χ0v) is 13.5. The normalized spacial score (nSPS) is 10.7. The predicted octanol–water partition coefficient (Wildman–Crippen LogP) is 3.39. The lowest BCUT2D eigenvalue weighted by Crippen LogP contribution is -2.27. The van der Waals surface area contributed by atoms with Gasteiger partial charge in [-0.2, -0.15) is 0 Å². The average Bonchev–Trinajstić information content (AvgIpc) is 3.21. The molecule has 2 heterocycles. The maximum absolute atomic E-state index is 12.2. The van der Waals surface area contributed by atoms with Crippen molar-refractivity contribution in [2.24, 2.45) is 0 Å². The molecule has 0 fully saturated rings. The predicted molar refractivity (Wildman–Crippen MR) is 87.3 cm³/mol. The van der Waals surface area contributed by atoms with Gasteiger partial charge in [0.1, 0.15) is 5.76 Å². The Bertz CT molecular complexity index is 798. The highest BCUT2D eigenvalue weighted by molar-refractivity contribution is 7.99. The van der Waals surface area contributed by atoms with Gasteiger partial charge in [0.15, 0.2) is 0 Å². The maximum atomic E-state index is 12.2. The lowest BCUT2D eigenvalue weighted by atomic mass is 10.3. The molecule has 2 aromatic heterocycles. The monoisotopic (exact) mass is 329 g/mol. The number of benzene rings is 1. The van der Waals surface area contributed by atoms with E-state index in [9.17, 15) is 4.79 Å². The topological polar surface area (TPSA) is 72.4 Å². The van der Waals surface area contributed by atoms with Crippen molar-refractivity contribution in [3.8, 4) is 11.5 Å². The van der Waals surface area contributed by atoms with Crippen LogP contribution in [0.4, 0.5) is 5.69 Å². The summed E-state index contributed by atoms with van der Waals surface area (Å²) in [5.74, 6) is 1.28. The number of rotatable bonds is 5. The van der Waals surface area contributed by atoms with E-state index in [1.165, 1.54) is 11.8 Å². The lowest BCUT2D eigenvalue weighted by Gasteiger charge is -2.16. The first-order valence-electron chi connectivity index (χ1n) is 6.97. The summed E-state index contributed by atoms with van der Waals surface area (Å²) in [6, 6.07) is 11.2. The third kappa shape index (κ3) is 3.45. The SMILES string of the molecule is Cc1occc1-c1nnc(SCC(=O)N(C)c2ccccc2)o1. The number of carbonyl (C=O) groups excluding carboxylic acids is 1. The number of amides is 1. The molecular formula is C16H15N3O3S. The Labute approximate surface area is 137 Å². The molecule has 3 aromatic rings. The molecule has 0 aliphatic rings. The number of aryl methyl sites for hydroxylation is 1. The Morgan fingerprint density at radius 2 is 2.00 bits per heavy atom. The highest BCUT2D eigenvalue weighted by atomic mass is 32.2. The second-order valence-electron chi connectivity index (χ2n) is 4.84. The summed E-state index contributed by atoms with van der Waals surface area (Å²) in [5, 5.41) is 8.29. The summed E-state index contributed by atoms with van der Waals surface area (Å²) < 4.78 is 10.8. The minimum Gasteiger partial charge on any atom is -0.469 e. The summed E-state index contributed by atoms with van der Waals surface area (Å²) in [7, 11) is 1.74. The number of thioether (sulfide) groups is 1. The van der Waals surface area contributed by atoms with Gasteiger partial charge in [0, 0.05) is 12.7 Å². The molecule has 23 heavy (non-hydrogen) atoms. The van der Waals surface area contributed by atoms with Crippen LogP contribution in [0.2, 0.25) is 0 Å². The summed E-state index contributed by atoms with van der Waals surface area (Å²) >= 11 is 1.21. The van der Waals surface area contributed by atoms with Gasteiger partial charge in [-0.05, 0) is 25.1 Å². The maximum Gasteiger partial charge on any atom is 0.277 e. The molecule has 3 rings (SSSR count). The smallest absolute Gasteiger partial charge is 0.277 e. The lowest BCUT2D eigenvalue weighted by molar-refractivity contribution is -0.115. The zero-order valence-electron chi connectivity index (χ0n) is 12.7. The van der Waals surface area contributed by atoms with Crippen LogP contribution in [0.1, 0.15) is 5.76 Å². The second kappa shape index (κ2) is 6.70. The van der Waals surface area contributed by atoms with Gasteiger partial charge in [0.2, 0.25) is 5.91 Å². The average molecular weight is 329 g/mol. The molecule has 0 atom stereocenters. The molecule has 0 saturated heterocycles. The number of aromatic nitrogens is 2. The van der Waals surface area contributed by atoms with Crippen molar-refractivity contribution < 1.29 is 13.6 Å². The van der Waals surface area contributed by atoms with Crippen LogP contribution in [0.25, 0.3) is 11.5 Å². The Morgan fingerprint density at radius 1 is 1.22 bits per heavy atom. The quantitative estimate of drug-likeness (QED) is 0.668. The summed E-state index contributed by atoms with van der Waals surface area (Å²) in [6.07, 6.45) is 1.57. The van der Waals surface area contributed by atoms with Crippen LogP contribution >= 0.6 is 11.8 Å². The number of carbonyl (C=O) groups is 1. The van der Waals surface area contributed by atoms with E-state index in [2.05, 4.69) is 10.2 Å². The van der Waals surface area contributed by atoms with E-state index in [-0.39, 0.29) is 11.7 Å². The summed E-state index contributed by atoms with van der Waals surface area (Å²) in [4.78, 5) is 13.8. The van der Waals surface area contributed by atoms with E-state index in [1.54, 1.807) is 24.3 Å². The first-order valence-corrected chi connectivity index (χ1v) is 7.96. The number of anilines is 1. The Hall–Kier alpha value is -2.54. The van der Waals surface area contributed by atoms with E-state index < -0.39 is 0 Å². The highest BCUT2D eigenvalue weighted by Crippen LogP contribution is 2.26. The molecule has 6 nitrogen and oxygen atoms in total. The number of hydrogen-bond donors (Lipinski definition) is 0. The number of hydrogen-bond acceptors (Lipinski definition) is 6. The van der Waals surface area contributed by atoms with Gasteiger partial charge in [0.05, 0.1) is 17.6 Å². The van der Waals surface area contributed by atoms with Crippen LogP contribution in [-0.4, -0.2) is 28.9 Å². The molecule has 118 valence electrons. The first kappa shape index (κ1) is 15.4. The molecule has 0 aliphatic carbocycles. The van der Waals surface area contributed by atoms with Crippen molar-refractivity contribution in [2.75, 3.05) is 17.7 Å². The molecule has 0 saturated carbocycles. The van der Waals surface area contributed by atoms with E-state index >= 15 is 0 Å². The van der Waals surface area contributed by atoms with Crippen LogP contribution in [-0.2, 0) is 4.79 Å². The van der Waals surface area contributed by atoms with Gasteiger partial charge < -0.3 is 13.7 Å². The van der Waals surface area contributed by atoms with Crippen molar-refractivity contribution in [3.05, 3.63) is 48.4 Å². The minimum atomic E-state index is -0.0413. The fraction of sp³-hybridized carbons (Fsp3) is 0.188. The Morgan fingerprint density at radius 3 is 2.70 bits per heavy atom. The Kier molecular flexibility index (Phi) is 4.47. The molecule has 1 aromatic carbocycles. The van der Waals surface area contributed by atoms with Gasteiger partial charge in [-0.3, -0.25) is 4.79 Å². The molecule has 0 N–H and O–H groups in total. The number of nitrogens with zero attached hydrogens (tertiary/aromatic N) is 3. The summed E-state index contributed by atoms with van der Waals surface area (Å²) in [6.45, 7) is 1.82. The van der Waals surface area contributed by atoms with Crippen molar-refractivity contribution >= 4 is 23.4 Å². The van der Waals surface area contributed by atoms with Gasteiger partial charge in [0.25, 0.3) is 11.1 Å². The third-order valence-corrected chi connectivity index (χ3v) is 4.14. The molecule has 0 spiro atoms. The van der Waals surface area contributed by atoms with Crippen molar-refractivity contribution in [1.82, 2.24) is 10.2 Å². The van der Waals surface area contributed by atoms with Gasteiger partial charge >= 0.3 is 0 Å². The van der Waals surface area contributed by atoms with Crippen LogP contribution in [0.3, 0.4) is 0 Å². The fourth-order valence-corrected chi connectivity index (χ4v) is 2.68.